The third-order valence-corrected chi connectivity index (χ3v) is 2.62. The van der Waals surface area contributed by atoms with Crippen molar-refractivity contribution in [2.24, 2.45) is 0 Å². The fourth-order valence-electron chi connectivity index (χ4n) is 1.34. The second-order valence-corrected chi connectivity index (χ2v) is 4.26. The lowest BCUT2D eigenvalue weighted by Gasteiger charge is -2.04. The fraction of sp³-hybridized carbons (Fsp3) is 0.0909. The van der Waals surface area contributed by atoms with E-state index in [4.69, 9.17) is 5.73 Å². The van der Waals surface area contributed by atoms with Crippen molar-refractivity contribution in [3.05, 3.63) is 40.2 Å². The zero-order valence-corrected chi connectivity index (χ0v) is 10.1. The number of nitrogen functional groups attached to an aromatic ring is 1. The number of aryl methyl sites for hydroxylation is 1. The molecule has 2 aromatic rings. The smallest absolute Gasteiger partial charge is 0.186 e. The van der Waals surface area contributed by atoms with Crippen LogP contribution in [0.4, 0.5) is 10.2 Å². The number of halogens is 2. The van der Waals surface area contributed by atoms with E-state index in [1.165, 1.54) is 0 Å². The molecule has 0 spiro atoms. The molecule has 82 valence electrons. The molecule has 0 bridgehead atoms. The summed E-state index contributed by atoms with van der Waals surface area (Å²) in [7, 11) is 0. The van der Waals surface area contributed by atoms with Crippen molar-refractivity contribution >= 4 is 21.7 Å². The van der Waals surface area contributed by atoms with Gasteiger partial charge in [-0.2, -0.15) is 0 Å². The minimum Gasteiger partial charge on any atom is -0.381 e. The van der Waals surface area contributed by atoms with Crippen molar-refractivity contribution in [3.63, 3.8) is 0 Å². The van der Waals surface area contributed by atoms with E-state index in [9.17, 15) is 4.39 Å². The number of benzene rings is 1. The van der Waals surface area contributed by atoms with E-state index in [-0.39, 0.29) is 11.5 Å². The number of anilines is 1. The molecule has 1 heterocycles. The normalized spacial score (nSPS) is 10.4. The summed E-state index contributed by atoms with van der Waals surface area (Å²) in [4.78, 5) is 7.97. The van der Waals surface area contributed by atoms with Gasteiger partial charge in [0.25, 0.3) is 0 Å². The first-order valence-corrected chi connectivity index (χ1v) is 5.43. The van der Waals surface area contributed by atoms with Gasteiger partial charge >= 0.3 is 0 Å². The second-order valence-electron chi connectivity index (χ2n) is 3.34. The van der Waals surface area contributed by atoms with Crippen LogP contribution in [0.5, 0.6) is 0 Å². The average molecular weight is 282 g/mol. The number of nitrogens with two attached hydrogens (primary N) is 1. The highest BCUT2D eigenvalue weighted by Crippen LogP contribution is 2.22. The van der Waals surface area contributed by atoms with E-state index in [2.05, 4.69) is 25.9 Å². The highest BCUT2D eigenvalue weighted by atomic mass is 79.9. The number of hydrogen-bond acceptors (Lipinski definition) is 3. The van der Waals surface area contributed by atoms with E-state index < -0.39 is 5.82 Å². The molecule has 0 saturated heterocycles. The van der Waals surface area contributed by atoms with Crippen LogP contribution in [0.25, 0.3) is 11.4 Å². The Morgan fingerprint density at radius 3 is 2.69 bits per heavy atom. The molecular weight excluding hydrogens is 273 g/mol. The van der Waals surface area contributed by atoms with Crippen molar-refractivity contribution in [2.45, 2.75) is 6.92 Å². The summed E-state index contributed by atoms with van der Waals surface area (Å²) in [6.07, 6.45) is 0. The van der Waals surface area contributed by atoms with Crippen LogP contribution in [-0.2, 0) is 0 Å². The molecule has 2 rings (SSSR count). The Labute approximate surface area is 101 Å². The minimum atomic E-state index is -0.557. The zero-order chi connectivity index (χ0) is 11.7. The van der Waals surface area contributed by atoms with Crippen LogP contribution in [0.3, 0.4) is 0 Å². The van der Waals surface area contributed by atoms with Crippen LogP contribution in [-0.4, -0.2) is 9.97 Å². The molecule has 0 aliphatic carbocycles. The van der Waals surface area contributed by atoms with Crippen molar-refractivity contribution in [2.75, 3.05) is 5.73 Å². The molecule has 0 fully saturated rings. The number of hydrogen-bond donors (Lipinski definition) is 1. The molecule has 0 aliphatic rings. The van der Waals surface area contributed by atoms with Crippen molar-refractivity contribution in [3.8, 4) is 11.4 Å². The summed E-state index contributed by atoms with van der Waals surface area (Å²) in [5.74, 6) is -0.251. The Hall–Kier alpha value is -1.49. The van der Waals surface area contributed by atoms with E-state index >= 15 is 0 Å². The molecule has 0 radical (unpaired) electrons. The highest BCUT2D eigenvalue weighted by molar-refractivity contribution is 9.10. The van der Waals surface area contributed by atoms with Gasteiger partial charge in [-0.3, -0.25) is 0 Å². The topological polar surface area (TPSA) is 51.8 Å². The second kappa shape index (κ2) is 4.17. The first-order chi connectivity index (χ1) is 7.58. The van der Waals surface area contributed by atoms with Crippen LogP contribution < -0.4 is 5.73 Å². The summed E-state index contributed by atoms with van der Waals surface area (Å²) in [6.45, 7) is 1.56. The van der Waals surface area contributed by atoms with E-state index in [1.807, 2.05) is 24.3 Å². The van der Waals surface area contributed by atoms with Gasteiger partial charge in [-0.1, -0.05) is 28.1 Å². The summed E-state index contributed by atoms with van der Waals surface area (Å²) in [5, 5.41) is 0. The molecule has 0 unspecified atom stereocenters. The van der Waals surface area contributed by atoms with Gasteiger partial charge in [-0.05, 0) is 19.1 Å². The summed E-state index contributed by atoms with van der Waals surface area (Å²) in [6, 6.07) is 7.45. The molecule has 0 aliphatic heterocycles. The van der Waals surface area contributed by atoms with Gasteiger partial charge in [0.05, 0.1) is 5.69 Å². The molecule has 0 saturated carbocycles. The first kappa shape index (κ1) is 11.0. The molecular formula is C11H9BrFN3. The van der Waals surface area contributed by atoms with Crippen LogP contribution in [0.15, 0.2) is 28.7 Å². The van der Waals surface area contributed by atoms with Gasteiger partial charge < -0.3 is 5.73 Å². The molecule has 0 amide bonds. The van der Waals surface area contributed by atoms with Crippen molar-refractivity contribution in [1.29, 1.82) is 0 Å². The Morgan fingerprint density at radius 2 is 2.06 bits per heavy atom. The van der Waals surface area contributed by atoms with Crippen LogP contribution in [0.2, 0.25) is 0 Å². The molecule has 1 aromatic carbocycles. The van der Waals surface area contributed by atoms with Gasteiger partial charge in [0.2, 0.25) is 0 Å². The third-order valence-electron chi connectivity index (χ3n) is 2.13. The molecule has 1 aromatic heterocycles. The predicted octanol–water partition coefficient (Wildman–Crippen LogP) is 2.94. The van der Waals surface area contributed by atoms with Crippen molar-refractivity contribution < 1.29 is 4.39 Å². The van der Waals surface area contributed by atoms with E-state index in [1.54, 1.807) is 6.92 Å². The number of aromatic nitrogens is 2. The summed E-state index contributed by atoms with van der Waals surface area (Å²) in [5.41, 5.74) is 6.51. The number of rotatable bonds is 1. The maximum atomic E-state index is 13.2. The lowest BCUT2D eigenvalue weighted by atomic mass is 10.2. The van der Waals surface area contributed by atoms with Gasteiger partial charge in [0, 0.05) is 10.0 Å². The lowest BCUT2D eigenvalue weighted by Crippen LogP contribution is -2.02. The molecule has 2 N–H and O–H groups in total. The maximum Gasteiger partial charge on any atom is 0.186 e. The highest BCUT2D eigenvalue weighted by Gasteiger charge is 2.09. The standard InChI is InChI=1S/C11H9BrFN3/c1-6-9(13)10(14)16-11(15-6)7-3-2-4-8(12)5-7/h2-5H,1H3,(H2,14,15,16). The van der Waals surface area contributed by atoms with Crippen LogP contribution in [0, 0.1) is 12.7 Å². The SMILES string of the molecule is Cc1nc(-c2cccc(Br)c2)nc(N)c1F. The quantitative estimate of drug-likeness (QED) is 0.874. The lowest BCUT2D eigenvalue weighted by molar-refractivity contribution is 0.608. The van der Waals surface area contributed by atoms with Gasteiger partial charge in [-0.15, -0.1) is 0 Å². The Bertz CT molecular complexity index is 519. The predicted molar refractivity (Wildman–Crippen MR) is 64.3 cm³/mol. The Balaban J connectivity index is 2.57. The monoisotopic (exact) mass is 281 g/mol. The van der Waals surface area contributed by atoms with Crippen molar-refractivity contribution in [1.82, 2.24) is 9.97 Å². The first-order valence-electron chi connectivity index (χ1n) is 4.63. The summed E-state index contributed by atoms with van der Waals surface area (Å²) >= 11 is 3.35. The van der Waals surface area contributed by atoms with Gasteiger partial charge in [0.15, 0.2) is 17.5 Å². The van der Waals surface area contributed by atoms with Crippen LogP contribution in [0.1, 0.15) is 5.69 Å². The zero-order valence-electron chi connectivity index (χ0n) is 8.54. The van der Waals surface area contributed by atoms with Gasteiger partial charge in [-0.25, -0.2) is 14.4 Å². The molecule has 3 nitrogen and oxygen atoms in total. The largest absolute Gasteiger partial charge is 0.381 e. The Morgan fingerprint density at radius 1 is 1.31 bits per heavy atom. The maximum absolute atomic E-state index is 13.2. The summed E-state index contributed by atoms with van der Waals surface area (Å²) < 4.78 is 14.2. The molecule has 0 atom stereocenters. The van der Waals surface area contributed by atoms with E-state index in [0.29, 0.717) is 5.82 Å². The molecule has 5 heteroatoms. The van der Waals surface area contributed by atoms with E-state index in [0.717, 1.165) is 10.0 Å². The third kappa shape index (κ3) is 2.04. The minimum absolute atomic E-state index is 0.123. The molecule has 16 heavy (non-hydrogen) atoms. The number of nitrogens with zero attached hydrogens (tertiary/aromatic N) is 2. The fourth-order valence-corrected chi connectivity index (χ4v) is 1.74. The average Bonchev–Trinajstić information content (AvgIpc) is 2.25. The van der Waals surface area contributed by atoms with Crippen LogP contribution >= 0.6 is 15.9 Å². The van der Waals surface area contributed by atoms with Gasteiger partial charge in [0.1, 0.15) is 0 Å². The Kier molecular flexibility index (Phi) is 2.87.